The Balaban J connectivity index is 2.09. The van der Waals surface area contributed by atoms with Gasteiger partial charge in [-0.05, 0) is 56.5 Å². The van der Waals surface area contributed by atoms with E-state index in [1.165, 1.54) is 16.3 Å². The van der Waals surface area contributed by atoms with Crippen molar-refractivity contribution >= 4 is 33.4 Å². The minimum Gasteiger partial charge on any atom is -0.352 e. The molecule has 34 heavy (non-hydrogen) atoms. The van der Waals surface area contributed by atoms with Crippen molar-refractivity contribution in [2.75, 3.05) is 13.6 Å². The summed E-state index contributed by atoms with van der Waals surface area (Å²) in [5.41, 5.74) is 0.813. The molecule has 1 N–H and O–H groups in total. The summed E-state index contributed by atoms with van der Waals surface area (Å²) >= 11 is 6.10. The van der Waals surface area contributed by atoms with Crippen LogP contribution in [0.5, 0.6) is 0 Å². The maximum absolute atomic E-state index is 13.2. The minimum atomic E-state index is -3.63. The first-order chi connectivity index (χ1) is 16.1. The fraction of sp³-hybridized carbons (Fsp3) is 0.440. The third-order valence-electron chi connectivity index (χ3n) is 5.73. The normalized spacial score (nSPS) is 13.4. The van der Waals surface area contributed by atoms with Crippen molar-refractivity contribution in [2.45, 2.75) is 63.6 Å². The zero-order valence-electron chi connectivity index (χ0n) is 20.2. The van der Waals surface area contributed by atoms with Crippen LogP contribution in [0.25, 0.3) is 0 Å². The van der Waals surface area contributed by atoms with Crippen molar-refractivity contribution < 1.29 is 18.0 Å². The molecule has 2 atom stereocenters. The molecule has 2 amide bonds. The molecule has 0 spiro atoms. The molecule has 0 fully saturated rings. The third kappa shape index (κ3) is 7.82. The van der Waals surface area contributed by atoms with E-state index in [2.05, 4.69) is 5.32 Å². The van der Waals surface area contributed by atoms with Gasteiger partial charge in [-0.15, -0.1) is 0 Å². The van der Waals surface area contributed by atoms with Crippen LogP contribution >= 0.6 is 11.6 Å². The number of sulfonamides is 1. The Morgan fingerprint density at radius 1 is 1.06 bits per heavy atom. The quantitative estimate of drug-likeness (QED) is 0.469. The molecule has 0 aliphatic rings. The predicted octanol–water partition coefficient (Wildman–Crippen LogP) is 4.07. The highest BCUT2D eigenvalue weighted by Crippen LogP contribution is 2.17. The van der Waals surface area contributed by atoms with Crippen molar-refractivity contribution in [1.29, 1.82) is 0 Å². The molecule has 2 aromatic rings. The first-order valence-corrected chi connectivity index (χ1v) is 13.2. The molecule has 0 unspecified atom stereocenters. The second-order valence-corrected chi connectivity index (χ2v) is 10.9. The molecular weight excluding hydrogens is 474 g/mol. The Morgan fingerprint density at radius 3 is 2.35 bits per heavy atom. The number of benzene rings is 2. The molecule has 0 radical (unpaired) electrons. The lowest BCUT2D eigenvalue weighted by molar-refractivity contribution is -0.141. The van der Waals surface area contributed by atoms with E-state index >= 15 is 0 Å². The number of nitrogens with zero attached hydrogens (tertiary/aromatic N) is 2. The van der Waals surface area contributed by atoms with Crippen LogP contribution in [0.2, 0.25) is 5.02 Å². The molecule has 0 saturated heterocycles. The van der Waals surface area contributed by atoms with Crippen LogP contribution < -0.4 is 5.32 Å². The van der Waals surface area contributed by atoms with Crippen LogP contribution in [0.3, 0.4) is 0 Å². The number of carbonyl (C=O) groups is 2. The van der Waals surface area contributed by atoms with Crippen molar-refractivity contribution in [3.05, 3.63) is 65.2 Å². The molecule has 0 heterocycles. The summed E-state index contributed by atoms with van der Waals surface area (Å²) < 4.78 is 26.7. The minimum absolute atomic E-state index is 0.00471. The van der Waals surface area contributed by atoms with E-state index in [4.69, 9.17) is 11.6 Å². The van der Waals surface area contributed by atoms with Gasteiger partial charge in [-0.3, -0.25) is 9.59 Å². The molecule has 2 rings (SSSR count). The molecule has 0 aliphatic carbocycles. The fourth-order valence-corrected chi connectivity index (χ4v) is 4.81. The molecule has 9 heteroatoms. The molecular formula is C25H34ClN3O4S. The van der Waals surface area contributed by atoms with Gasteiger partial charge in [0.05, 0.1) is 4.90 Å². The van der Waals surface area contributed by atoms with Gasteiger partial charge in [0.25, 0.3) is 0 Å². The van der Waals surface area contributed by atoms with Gasteiger partial charge in [0.15, 0.2) is 0 Å². The Hall–Kier alpha value is -2.42. The number of halogens is 1. The van der Waals surface area contributed by atoms with Crippen LogP contribution in [0.1, 0.15) is 45.6 Å². The van der Waals surface area contributed by atoms with E-state index in [9.17, 15) is 18.0 Å². The van der Waals surface area contributed by atoms with Crippen LogP contribution in [0.4, 0.5) is 0 Å². The third-order valence-corrected chi connectivity index (χ3v) is 7.83. The summed E-state index contributed by atoms with van der Waals surface area (Å²) in [5.74, 6) is -0.453. The highest BCUT2D eigenvalue weighted by Gasteiger charge is 2.27. The second-order valence-electron chi connectivity index (χ2n) is 8.39. The lowest BCUT2D eigenvalue weighted by atomic mass is 10.1. The molecule has 7 nitrogen and oxygen atoms in total. The topological polar surface area (TPSA) is 86.8 Å². The van der Waals surface area contributed by atoms with Crippen molar-refractivity contribution in [3.63, 3.8) is 0 Å². The van der Waals surface area contributed by atoms with Crippen molar-refractivity contribution in [3.8, 4) is 0 Å². The summed E-state index contributed by atoms with van der Waals surface area (Å²) in [6.45, 7) is 6.00. The lowest BCUT2D eigenvalue weighted by Gasteiger charge is -2.30. The van der Waals surface area contributed by atoms with E-state index < -0.39 is 16.1 Å². The van der Waals surface area contributed by atoms with E-state index in [0.29, 0.717) is 11.4 Å². The van der Waals surface area contributed by atoms with E-state index in [0.717, 1.165) is 12.0 Å². The average Bonchev–Trinajstić information content (AvgIpc) is 2.82. The molecule has 0 bridgehead atoms. The van der Waals surface area contributed by atoms with Crippen molar-refractivity contribution in [2.24, 2.45) is 0 Å². The fourth-order valence-electron chi connectivity index (χ4n) is 3.37. The highest BCUT2D eigenvalue weighted by molar-refractivity contribution is 7.89. The number of rotatable bonds is 12. The maximum atomic E-state index is 13.2. The van der Waals surface area contributed by atoms with Crippen LogP contribution in [0, 0.1) is 0 Å². The Labute approximate surface area is 208 Å². The standard InChI is InChI=1S/C25H34ClN3O4S/c1-5-19(2)27-25(31)20(3)29(18-21-11-9-12-22(26)17-21)24(30)15-10-16-28(4)34(32,33)23-13-7-6-8-14-23/h6-9,11-14,17,19-20H,5,10,15-16,18H2,1-4H3,(H,27,31)/t19-,20+/m0/s1. The zero-order chi connectivity index (χ0) is 25.3. The molecule has 0 saturated carbocycles. The van der Waals surface area contributed by atoms with Gasteiger partial charge >= 0.3 is 0 Å². The molecule has 0 aromatic heterocycles. The SMILES string of the molecule is CC[C@H](C)NC(=O)[C@@H](C)N(Cc1cccc(Cl)c1)C(=O)CCCN(C)S(=O)(=O)c1ccccc1. The van der Waals surface area contributed by atoms with Gasteiger partial charge in [0, 0.05) is 37.6 Å². The summed E-state index contributed by atoms with van der Waals surface area (Å²) in [5, 5.41) is 3.48. The Bertz CT molecular complexity index is 1060. The van der Waals surface area contributed by atoms with Crippen LogP contribution in [-0.4, -0.2) is 55.1 Å². The number of carbonyl (C=O) groups excluding carboxylic acids is 2. The van der Waals surface area contributed by atoms with Gasteiger partial charge < -0.3 is 10.2 Å². The summed E-state index contributed by atoms with van der Waals surface area (Å²) in [7, 11) is -2.13. The van der Waals surface area contributed by atoms with Gasteiger partial charge in [-0.2, -0.15) is 0 Å². The van der Waals surface area contributed by atoms with E-state index in [-0.39, 0.29) is 42.3 Å². The second kappa shape index (κ2) is 12.9. The van der Waals surface area contributed by atoms with Crippen molar-refractivity contribution in [1.82, 2.24) is 14.5 Å². The summed E-state index contributed by atoms with van der Waals surface area (Å²) in [4.78, 5) is 27.7. The first-order valence-electron chi connectivity index (χ1n) is 11.4. The molecule has 186 valence electrons. The summed E-state index contributed by atoms with van der Waals surface area (Å²) in [6, 6.07) is 14.7. The van der Waals surface area contributed by atoms with Crippen LogP contribution in [0.15, 0.2) is 59.5 Å². The van der Waals surface area contributed by atoms with E-state index in [1.807, 2.05) is 19.9 Å². The van der Waals surface area contributed by atoms with Gasteiger partial charge in [-0.1, -0.05) is 48.9 Å². The largest absolute Gasteiger partial charge is 0.352 e. The highest BCUT2D eigenvalue weighted by atomic mass is 35.5. The Kier molecular flexibility index (Phi) is 10.5. The summed E-state index contributed by atoms with van der Waals surface area (Å²) in [6.07, 6.45) is 1.21. The maximum Gasteiger partial charge on any atom is 0.242 e. The first kappa shape index (κ1) is 27.8. The molecule has 0 aliphatic heterocycles. The number of amides is 2. The predicted molar refractivity (Wildman–Crippen MR) is 135 cm³/mol. The van der Waals surface area contributed by atoms with Crippen LogP contribution in [-0.2, 0) is 26.2 Å². The molecule has 2 aromatic carbocycles. The Morgan fingerprint density at radius 2 is 1.74 bits per heavy atom. The smallest absolute Gasteiger partial charge is 0.242 e. The van der Waals surface area contributed by atoms with Gasteiger partial charge in [0.2, 0.25) is 21.8 Å². The number of hydrogen-bond acceptors (Lipinski definition) is 4. The zero-order valence-corrected chi connectivity index (χ0v) is 21.8. The number of hydrogen-bond donors (Lipinski definition) is 1. The van der Waals surface area contributed by atoms with Gasteiger partial charge in [-0.25, -0.2) is 12.7 Å². The number of nitrogens with one attached hydrogen (secondary N) is 1. The lowest BCUT2D eigenvalue weighted by Crippen LogP contribution is -2.49. The van der Waals surface area contributed by atoms with Gasteiger partial charge in [0.1, 0.15) is 6.04 Å². The average molecular weight is 508 g/mol. The monoisotopic (exact) mass is 507 g/mol. The van der Waals surface area contributed by atoms with E-state index in [1.54, 1.807) is 55.5 Å².